The average Bonchev–Trinajstić information content (AvgIpc) is 1.99. The van der Waals surface area contributed by atoms with Gasteiger partial charge in [0.25, 0.3) is 0 Å². The molecule has 0 aliphatic rings. The fourth-order valence-electron chi connectivity index (χ4n) is 0.982. The highest BCUT2D eigenvalue weighted by Crippen LogP contribution is 2.17. The van der Waals surface area contributed by atoms with Gasteiger partial charge in [0.05, 0.1) is 6.61 Å². The van der Waals surface area contributed by atoms with Crippen LogP contribution in [0.15, 0.2) is 23.1 Å². The number of methoxy groups -OCH3 is 1. The predicted octanol–water partition coefficient (Wildman–Crippen LogP) is 2.43. The van der Waals surface area contributed by atoms with Gasteiger partial charge in [-0.05, 0) is 24.1 Å². The highest BCUT2D eigenvalue weighted by Gasteiger charge is 1.98. The molecule has 0 saturated heterocycles. The second kappa shape index (κ2) is 3.79. The number of benzene rings is 1. The summed E-state index contributed by atoms with van der Waals surface area (Å²) in [5.41, 5.74) is 2.41. The number of hydrogen-bond donors (Lipinski definition) is 1. The maximum absolute atomic E-state index is 5.03. The summed E-state index contributed by atoms with van der Waals surface area (Å²) in [4.78, 5) is 1.03. The van der Waals surface area contributed by atoms with Gasteiger partial charge in [0.15, 0.2) is 0 Å². The molecule has 0 heterocycles. The van der Waals surface area contributed by atoms with Crippen LogP contribution in [0.2, 0.25) is 0 Å². The number of ether oxygens (including phenoxy) is 1. The standard InChI is InChI=1S/C9H12OS/c1-7-8(6-10-2)4-3-5-9(7)11/h3-5,11H,6H2,1-2H3. The molecule has 0 spiro atoms. The zero-order valence-electron chi connectivity index (χ0n) is 6.79. The summed E-state index contributed by atoms with van der Waals surface area (Å²) in [5, 5.41) is 0. The third-order valence-corrected chi connectivity index (χ3v) is 2.20. The lowest BCUT2D eigenvalue weighted by Gasteiger charge is -2.05. The first kappa shape index (κ1) is 8.62. The van der Waals surface area contributed by atoms with Crippen molar-refractivity contribution in [1.82, 2.24) is 0 Å². The molecular formula is C9H12OS. The second-order valence-electron chi connectivity index (χ2n) is 2.49. The minimum atomic E-state index is 0.667. The van der Waals surface area contributed by atoms with Gasteiger partial charge in [-0.2, -0.15) is 0 Å². The monoisotopic (exact) mass is 168 g/mol. The van der Waals surface area contributed by atoms with E-state index in [0.717, 1.165) is 4.90 Å². The van der Waals surface area contributed by atoms with E-state index in [0.29, 0.717) is 6.61 Å². The molecule has 0 unspecified atom stereocenters. The van der Waals surface area contributed by atoms with Gasteiger partial charge in [0, 0.05) is 12.0 Å². The van der Waals surface area contributed by atoms with E-state index in [1.807, 2.05) is 12.1 Å². The lowest BCUT2D eigenvalue weighted by atomic mass is 10.1. The molecule has 0 aromatic heterocycles. The summed E-state index contributed by atoms with van der Waals surface area (Å²) in [5.74, 6) is 0. The number of rotatable bonds is 2. The number of hydrogen-bond acceptors (Lipinski definition) is 2. The molecule has 1 nitrogen and oxygen atoms in total. The van der Waals surface area contributed by atoms with Crippen LogP contribution in [0.4, 0.5) is 0 Å². The highest BCUT2D eigenvalue weighted by molar-refractivity contribution is 7.80. The van der Waals surface area contributed by atoms with Crippen molar-refractivity contribution in [3.63, 3.8) is 0 Å². The molecule has 0 N–H and O–H groups in total. The quantitative estimate of drug-likeness (QED) is 0.667. The molecule has 1 aromatic carbocycles. The van der Waals surface area contributed by atoms with Crippen molar-refractivity contribution in [1.29, 1.82) is 0 Å². The zero-order valence-corrected chi connectivity index (χ0v) is 7.69. The van der Waals surface area contributed by atoms with Crippen LogP contribution in [0.1, 0.15) is 11.1 Å². The van der Waals surface area contributed by atoms with Gasteiger partial charge >= 0.3 is 0 Å². The average molecular weight is 168 g/mol. The highest BCUT2D eigenvalue weighted by atomic mass is 32.1. The van der Waals surface area contributed by atoms with Gasteiger partial charge in [-0.25, -0.2) is 0 Å². The summed E-state index contributed by atoms with van der Waals surface area (Å²) in [6, 6.07) is 6.03. The largest absolute Gasteiger partial charge is 0.380 e. The van der Waals surface area contributed by atoms with Gasteiger partial charge in [0.2, 0.25) is 0 Å². The van der Waals surface area contributed by atoms with Gasteiger partial charge in [0.1, 0.15) is 0 Å². The van der Waals surface area contributed by atoms with E-state index in [9.17, 15) is 0 Å². The van der Waals surface area contributed by atoms with Crippen LogP contribution in [-0.4, -0.2) is 7.11 Å². The van der Waals surface area contributed by atoms with E-state index in [1.165, 1.54) is 11.1 Å². The summed E-state index contributed by atoms with van der Waals surface area (Å²) in [6.45, 7) is 2.72. The zero-order chi connectivity index (χ0) is 8.27. The van der Waals surface area contributed by atoms with E-state index in [-0.39, 0.29) is 0 Å². The normalized spacial score (nSPS) is 10.1. The lowest BCUT2D eigenvalue weighted by Crippen LogP contribution is -1.91. The molecule has 60 valence electrons. The fraction of sp³-hybridized carbons (Fsp3) is 0.333. The van der Waals surface area contributed by atoms with E-state index in [2.05, 4.69) is 25.6 Å². The molecule has 0 fully saturated rings. The Hall–Kier alpha value is -0.470. The Morgan fingerprint density at radius 1 is 1.45 bits per heavy atom. The first-order valence-electron chi connectivity index (χ1n) is 3.52. The molecule has 0 bridgehead atoms. The second-order valence-corrected chi connectivity index (χ2v) is 2.98. The van der Waals surface area contributed by atoms with Crippen molar-refractivity contribution in [3.8, 4) is 0 Å². The molecule has 1 aromatic rings. The first-order chi connectivity index (χ1) is 5.25. The molecule has 2 heteroatoms. The molecule has 1 rings (SSSR count). The van der Waals surface area contributed by atoms with Crippen LogP contribution in [0.25, 0.3) is 0 Å². The summed E-state index contributed by atoms with van der Waals surface area (Å²) in [7, 11) is 1.70. The van der Waals surface area contributed by atoms with Gasteiger partial charge in [-0.3, -0.25) is 0 Å². The van der Waals surface area contributed by atoms with E-state index in [4.69, 9.17) is 4.74 Å². The minimum absolute atomic E-state index is 0.667. The third-order valence-electron chi connectivity index (χ3n) is 1.72. The Morgan fingerprint density at radius 3 is 2.82 bits per heavy atom. The molecule has 0 amide bonds. The Morgan fingerprint density at radius 2 is 2.18 bits per heavy atom. The van der Waals surface area contributed by atoms with Crippen molar-refractivity contribution in [2.24, 2.45) is 0 Å². The Bertz CT molecular complexity index is 245. The molecule has 0 aliphatic heterocycles. The fourth-order valence-corrected chi connectivity index (χ4v) is 1.21. The van der Waals surface area contributed by atoms with Crippen molar-refractivity contribution in [2.45, 2.75) is 18.4 Å². The van der Waals surface area contributed by atoms with Crippen LogP contribution < -0.4 is 0 Å². The van der Waals surface area contributed by atoms with Crippen molar-refractivity contribution in [2.75, 3.05) is 7.11 Å². The Kier molecular flexibility index (Phi) is 2.97. The van der Waals surface area contributed by atoms with Gasteiger partial charge in [-0.15, -0.1) is 12.6 Å². The van der Waals surface area contributed by atoms with Crippen molar-refractivity contribution < 1.29 is 4.74 Å². The summed E-state index contributed by atoms with van der Waals surface area (Å²) < 4.78 is 5.03. The van der Waals surface area contributed by atoms with Crippen molar-refractivity contribution in [3.05, 3.63) is 29.3 Å². The van der Waals surface area contributed by atoms with Crippen LogP contribution in [0, 0.1) is 6.92 Å². The van der Waals surface area contributed by atoms with Crippen LogP contribution in [-0.2, 0) is 11.3 Å². The van der Waals surface area contributed by atoms with E-state index >= 15 is 0 Å². The molecule has 0 aliphatic carbocycles. The van der Waals surface area contributed by atoms with E-state index in [1.54, 1.807) is 7.11 Å². The SMILES string of the molecule is COCc1cccc(S)c1C. The summed E-state index contributed by atoms with van der Waals surface area (Å²) in [6.07, 6.45) is 0. The lowest BCUT2D eigenvalue weighted by molar-refractivity contribution is 0.184. The maximum atomic E-state index is 5.03. The van der Waals surface area contributed by atoms with Crippen LogP contribution >= 0.6 is 12.6 Å². The minimum Gasteiger partial charge on any atom is -0.380 e. The topological polar surface area (TPSA) is 9.23 Å². The molecule has 11 heavy (non-hydrogen) atoms. The molecular weight excluding hydrogens is 156 g/mol. The predicted molar refractivity (Wildman–Crippen MR) is 49.1 cm³/mol. The van der Waals surface area contributed by atoms with Gasteiger partial charge < -0.3 is 4.74 Å². The van der Waals surface area contributed by atoms with E-state index < -0.39 is 0 Å². The maximum Gasteiger partial charge on any atom is 0.0716 e. The van der Waals surface area contributed by atoms with Crippen LogP contribution in [0.5, 0.6) is 0 Å². The first-order valence-corrected chi connectivity index (χ1v) is 3.97. The van der Waals surface area contributed by atoms with Gasteiger partial charge in [-0.1, -0.05) is 12.1 Å². The smallest absolute Gasteiger partial charge is 0.0716 e. The van der Waals surface area contributed by atoms with Crippen molar-refractivity contribution >= 4 is 12.6 Å². The molecule has 0 radical (unpaired) electrons. The molecule has 0 saturated carbocycles. The molecule has 0 atom stereocenters. The Labute approximate surface area is 72.8 Å². The third kappa shape index (κ3) is 1.98. The van der Waals surface area contributed by atoms with Crippen LogP contribution in [0.3, 0.4) is 0 Å². The Balaban J connectivity index is 2.96. The number of thiol groups is 1. The summed E-state index contributed by atoms with van der Waals surface area (Å²) >= 11 is 4.30.